The van der Waals surface area contributed by atoms with E-state index in [9.17, 15) is 0 Å². The SMILES string of the molecule is COc1cc(Cl)c(-c2csc(CN)c2)cc1Cl. The van der Waals surface area contributed by atoms with Gasteiger partial charge in [0.05, 0.1) is 17.2 Å². The molecule has 0 aliphatic rings. The van der Waals surface area contributed by atoms with E-state index < -0.39 is 0 Å². The van der Waals surface area contributed by atoms with Gasteiger partial charge in [-0.2, -0.15) is 0 Å². The molecular weight excluding hydrogens is 277 g/mol. The molecule has 0 atom stereocenters. The van der Waals surface area contributed by atoms with Crippen molar-refractivity contribution in [2.75, 3.05) is 7.11 Å². The van der Waals surface area contributed by atoms with Gasteiger partial charge < -0.3 is 10.5 Å². The summed E-state index contributed by atoms with van der Waals surface area (Å²) in [5.74, 6) is 0.578. The van der Waals surface area contributed by atoms with Crippen molar-refractivity contribution < 1.29 is 4.74 Å². The Bertz CT molecular complexity index is 539. The standard InChI is InChI=1S/C12H11Cl2NOS/c1-16-12-4-10(13)9(3-11(12)14)7-2-8(5-15)17-6-7/h2-4,6H,5,15H2,1H3. The monoisotopic (exact) mass is 287 g/mol. The fourth-order valence-corrected chi connectivity index (χ4v) is 2.80. The van der Waals surface area contributed by atoms with E-state index in [0.717, 1.165) is 16.0 Å². The number of ether oxygens (including phenoxy) is 1. The number of hydrogen-bond donors (Lipinski definition) is 1. The molecule has 1 aromatic carbocycles. The molecular formula is C12H11Cl2NOS. The third kappa shape index (κ3) is 2.58. The van der Waals surface area contributed by atoms with Crippen LogP contribution in [0.5, 0.6) is 5.75 Å². The first-order valence-corrected chi connectivity index (χ1v) is 6.60. The van der Waals surface area contributed by atoms with Crippen molar-refractivity contribution in [3.63, 3.8) is 0 Å². The summed E-state index contributed by atoms with van der Waals surface area (Å²) in [5, 5.41) is 3.19. The quantitative estimate of drug-likeness (QED) is 0.919. The van der Waals surface area contributed by atoms with Crippen LogP contribution in [0.3, 0.4) is 0 Å². The topological polar surface area (TPSA) is 35.2 Å². The molecule has 0 saturated heterocycles. The summed E-state index contributed by atoms with van der Waals surface area (Å²) >= 11 is 13.9. The first-order chi connectivity index (χ1) is 8.15. The third-order valence-electron chi connectivity index (χ3n) is 2.41. The van der Waals surface area contributed by atoms with Crippen LogP contribution in [0.2, 0.25) is 10.0 Å². The van der Waals surface area contributed by atoms with Gasteiger partial charge in [-0.3, -0.25) is 0 Å². The van der Waals surface area contributed by atoms with Crippen molar-refractivity contribution >= 4 is 34.5 Å². The summed E-state index contributed by atoms with van der Waals surface area (Å²) < 4.78 is 5.11. The molecule has 5 heteroatoms. The molecule has 90 valence electrons. The van der Waals surface area contributed by atoms with Gasteiger partial charge in [0.2, 0.25) is 0 Å². The minimum Gasteiger partial charge on any atom is -0.495 e. The number of nitrogens with two attached hydrogens (primary N) is 1. The van der Waals surface area contributed by atoms with Crippen LogP contribution in [-0.4, -0.2) is 7.11 Å². The Kier molecular flexibility index (Phi) is 3.94. The molecule has 1 heterocycles. The summed E-state index contributed by atoms with van der Waals surface area (Å²) in [6.07, 6.45) is 0. The van der Waals surface area contributed by atoms with Crippen LogP contribution in [0.25, 0.3) is 11.1 Å². The highest BCUT2D eigenvalue weighted by Crippen LogP contribution is 2.38. The predicted octanol–water partition coefficient (Wildman–Crippen LogP) is 4.19. The van der Waals surface area contributed by atoms with Gasteiger partial charge >= 0.3 is 0 Å². The van der Waals surface area contributed by atoms with E-state index >= 15 is 0 Å². The van der Waals surface area contributed by atoms with Crippen molar-refractivity contribution in [1.29, 1.82) is 0 Å². The summed E-state index contributed by atoms with van der Waals surface area (Å²) in [6.45, 7) is 0.534. The second kappa shape index (κ2) is 5.27. The highest BCUT2D eigenvalue weighted by atomic mass is 35.5. The molecule has 2 aromatic rings. The maximum Gasteiger partial charge on any atom is 0.138 e. The molecule has 0 unspecified atom stereocenters. The van der Waals surface area contributed by atoms with Gasteiger partial charge in [-0.1, -0.05) is 23.2 Å². The van der Waals surface area contributed by atoms with E-state index in [1.165, 1.54) is 0 Å². The number of thiophene rings is 1. The number of benzene rings is 1. The molecule has 2 rings (SSSR count). The van der Waals surface area contributed by atoms with Crippen molar-refractivity contribution in [2.45, 2.75) is 6.54 Å². The average Bonchev–Trinajstić information content (AvgIpc) is 2.80. The summed E-state index contributed by atoms with van der Waals surface area (Å²) in [6, 6.07) is 5.55. The molecule has 17 heavy (non-hydrogen) atoms. The van der Waals surface area contributed by atoms with E-state index in [-0.39, 0.29) is 0 Å². The molecule has 0 spiro atoms. The van der Waals surface area contributed by atoms with Crippen LogP contribution in [0.15, 0.2) is 23.6 Å². The highest BCUT2D eigenvalue weighted by molar-refractivity contribution is 7.10. The van der Waals surface area contributed by atoms with E-state index in [4.69, 9.17) is 33.7 Å². The molecule has 0 saturated carbocycles. The van der Waals surface area contributed by atoms with Crippen LogP contribution >= 0.6 is 34.5 Å². The molecule has 1 aromatic heterocycles. The van der Waals surface area contributed by atoms with E-state index in [2.05, 4.69) is 0 Å². The lowest BCUT2D eigenvalue weighted by Gasteiger charge is -2.07. The van der Waals surface area contributed by atoms with E-state index in [1.807, 2.05) is 17.5 Å². The fraction of sp³-hybridized carbons (Fsp3) is 0.167. The number of rotatable bonds is 3. The van der Waals surface area contributed by atoms with Gasteiger partial charge in [-0.25, -0.2) is 0 Å². The average molecular weight is 288 g/mol. The molecule has 2 N–H and O–H groups in total. The lowest BCUT2D eigenvalue weighted by molar-refractivity contribution is 0.415. The van der Waals surface area contributed by atoms with Crippen LogP contribution in [0, 0.1) is 0 Å². The second-order valence-corrected chi connectivity index (χ2v) is 5.28. The zero-order valence-electron chi connectivity index (χ0n) is 9.17. The van der Waals surface area contributed by atoms with Gasteiger partial charge in [-0.05, 0) is 23.1 Å². The normalized spacial score (nSPS) is 10.6. The Labute approximate surface area is 114 Å². The fourth-order valence-electron chi connectivity index (χ4n) is 1.54. The van der Waals surface area contributed by atoms with Crippen LogP contribution in [-0.2, 0) is 6.54 Å². The molecule has 0 aliphatic carbocycles. The van der Waals surface area contributed by atoms with Gasteiger partial charge in [-0.15, -0.1) is 11.3 Å². The minimum absolute atomic E-state index is 0.534. The van der Waals surface area contributed by atoms with Crippen LogP contribution in [0.1, 0.15) is 4.88 Å². The van der Waals surface area contributed by atoms with Crippen LogP contribution < -0.4 is 10.5 Å². The predicted molar refractivity (Wildman–Crippen MR) is 74.2 cm³/mol. The van der Waals surface area contributed by atoms with Gasteiger partial charge in [0.15, 0.2) is 0 Å². The Morgan fingerprint density at radius 1 is 1.24 bits per heavy atom. The highest BCUT2D eigenvalue weighted by Gasteiger charge is 2.10. The molecule has 0 fully saturated rings. The summed E-state index contributed by atoms with van der Waals surface area (Å²) in [7, 11) is 1.56. The zero-order chi connectivity index (χ0) is 12.4. The van der Waals surface area contributed by atoms with Gasteiger partial charge in [0, 0.05) is 23.1 Å². The molecule has 0 bridgehead atoms. The smallest absolute Gasteiger partial charge is 0.138 e. The minimum atomic E-state index is 0.534. The maximum atomic E-state index is 6.20. The van der Waals surface area contributed by atoms with Gasteiger partial charge in [0.1, 0.15) is 5.75 Å². The lowest BCUT2D eigenvalue weighted by atomic mass is 10.1. The first-order valence-electron chi connectivity index (χ1n) is 4.96. The van der Waals surface area contributed by atoms with Crippen molar-refractivity contribution in [3.05, 3.63) is 38.5 Å². The lowest BCUT2D eigenvalue weighted by Crippen LogP contribution is -1.91. The van der Waals surface area contributed by atoms with Crippen molar-refractivity contribution in [2.24, 2.45) is 5.73 Å². The number of methoxy groups -OCH3 is 1. The first kappa shape index (κ1) is 12.7. The van der Waals surface area contributed by atoms with E-state index in [0.29, 0.717) is 22.3 Å². The molecule has 0 amide bonds. The molecule has 0 radical (unpaired) electrons. The summed E-state index contributed by atoms with van der Waals surface area (Å²) in [4.78, 5) is 1.11. The third-order valence-corrected chi connectivity index (χ3v) is 3.97. The van der Waals surface area contributed by atoms with Crippen molar-refractivity contribution in [1.82, 2.24) is 0 Å². The zero-order valence-corrected chi connectivity index (χ0v) is 11.5. The Hall–Kier alpha value is -0.740. The molecule has 0 aliphatic heterocycles. The number of hydrogen-bond acceptors (Lipinski definition) is 3. The van der Waals surface area contributed by atoms with Crippen molar-refractivity contribution in [3.8, 4) is 16.9 Å². The largest absolute Gasteiger partial charge is 0.495 e. The maximum absolute atomic E-state index is 6.20. The van der Waals surface area contributed by atoms with Gasteiger partial charge in [0.25, 0.3) is 0 Å². The Balaban J connectivity index is 2.48. The Morgan fingerprint density at radius 2 is 2.00 bits per heavy atom. The summed E-state index contributed by atoms with van der Waals surface area (Å²) in [5.41, 5.74) is 7.52. The Morgan fingerprint density at radius 3 is 2.59 bits per heavy atom. The second-order valence-electron chi connectivity index (χ2n) is 3.47. The number of halogens is 2. The van der Waals surface area contributed by atoms with E-state index in [1.54, 1.807) is 24.5 Å². The molecule has 2 nitrogen and oxygen atoms in total. The van der Waals surface area contributed by atoms with Crippen LogP contribution in [0.4, 0.5) is 0 Å².